The SMILES string of the molecule is C[C@@H](c1ccc([S@@](C)=O)cc1)N(C)C(=O)c1ccc(C#N)[nH]1. The average molecular weight is 315 g/mol. The molecule has 0 saturated carbocycles. The second kappa shape index (κ2) is 6.58. The molecule has 114 valence electrons. The van der Waals surface area contributed by atoms with E-state index in [-0.39, 0.29) is 11.9 Å². The van der Waals surface area contributed by atoms with E-state index in [1.54, 1.807) is 30.3 Å². The summed E-state index contributed by atoms with van der Waals surface area (Å²) in [6, 6.07) is 12.4. The lowest BCUT2D eigenvalue weighted by Crippen LogP contribution is -2.29. The first-order valence-corrected chi connectivity index (χ1v) is 8.29. The van der Waals surface area contributed by atoms with Gasteiger partial charge in [0.25, 0.3) is 5.91 Å². The number of aromatic amines is 1. The van der Waals surface area contributed by atoms with Crippen molar-refractivity contribution >= 4 is 16.7 Å². The topological polar surface area (TPSA) is 77.0 Å². The second-order valence-corrected chi connectivity index (χ2v) is 6.39. The number of aromatic nitrogens is 1. The number of rotatable bonds is 4. The second-order valence-electron chi connectivity index (χ2n) is 5.01. The third kappa shape index (κ3) is 3.26. The van der Waals surface area contributed by atoms with Crippen LogP contribution >= 0.6 is 0 Å². The number of H-pyrrole nitrogens is 1. The number of carbonyl (C=O) groups is 1. The molecule has 0 bridgehead atoms. The lowest BCUT2D eigenvalue weighted by molar-refractivity contribution is 0.0737. The van der Waals surface area contributed by atoms with Gasteiger partial charge in [-0.25, -0.2) is 0 Å². The lowest BCUT2D eigenvalue weighted by Gasteiger charge is -2.25. The van der Waals surface area contributed by atoms with Crippen LogP contribution in [0.5, 0.6) is 0 Å². The predicted molar refractivity (Wildman–Crippen MR) is 84.8 cm³/mol. The van der Waals surface area contributed by atoms with Crippen LogP contribution < -0.4 is 0 Å². The Hall–Kier alpha value is -2.39. The van der Waals surface area contributed by atoms with Crippen molar-refractivity contribution in [2.75, 3.05) is 13.3 Å². The van der Waals surface area contributed by atoms with E-state index >= 15 is 0 Å². The van der Waals surface area contributed by atoms with Crippen LogP contribution in [0, 0.1) is 11.3 Å². The van der Waals surface area contributed by atoms with E-state index in [2.05, 4.69) is 4.98 Å². The molecular formula is C16H17N3O2S. The molecule has 1 heterocycles. The first-order valence-electron chi connectivity index (χ1n) is 6.73. The van der Waals surface area contributed by atoms with Gasteiger partial charge < -0.3 is 9.88 Å². The Morgan fingerprint density at radius 1 is 1.27 bits per heavy atom. The first kappa shape index (κ1) is 16.0. The minimum absolute atomic E-state index is 0.138. The Balaban J connectivity index is 2.17. The number of hydrogen-bond acceptors (Lipinski definition) is 3. The van der Waals surface area contributed by atoms with Crippen LogP contribution in [0.25, 0.3) is 0 Å². The first-order chi connectivity index (χ1) is 10.4. The molecule has 1 aromatic carbocycles. The van der Waals surface area contributed by atoms with E-state index in [0.29, 0.717) is 11.4 Å². The summed E-state index contributed by atoms with van der Waals surface area (Å²) in [5, 5.41) is 8.80. The molecule has 0 fully saturated rings. The molecule has 5 nitrogen and oxygen atoms in total. The smallest absolute Gasteiger partial charge is 0.270 e. The van der Waals surface area contributed by atoms with Gasteiger partial charge in [0.2, 0.25) is 0 Å². The molecule has 1 N–H and O–H groups in total. The Morgan fingerprint density at radius 3 is 2.41 bits per heavy atom. The van der Waals surface area contributed by atoms with Crippen molar-refractivity contribution in [3.8, 4) is 6.07 Å². The molecule has 2 atom stereocenters. The van der Waals surface area contributed by atoms with Gasteiger partial charge in [0.15, 0.2) is 0 Å². The zero-order valence-electron chi connectivity index (χ0n) is 12.7. The maximum atomic E-state index is 12.4. The van der Waals surface area contributed by atoms with Crippen molar-refractivity contribution in [2.45, 2.75) is 17.9 Å². The highest BCUT2D eigenvalue weighted by molar-refractivity contribution is 7.84. The van der Waals surface area contributed by atoms with Crippen molar-refractivity contribution in [3.63, 3.8) is 0 Å². The fourth-order valence-corrected chi connectivity index (χ4v) is 2.63. The van der Waals surface area contributed by atoms with Gasteiger partial charge in [-0.2, -0.15) is 5.26 Å². The van der Waals surface area contributed by atoms with Crippen LogP contribution in [-0.2, 0) is 10.8 Å². The maximum Gasteiger partial charge on any atom is 0.270 e. The number of hydrogen-bond donors (Lipinski definition) is 1. The van der Waals surface area contributed by atoms with Gasteiger partial charge in [0.1, 0.15) is 17.5 Å². The number of benzene rings is 1. The minimum atomic E-state index is -1.01. The molecule has 1 amide bonds. The third-order valence-electron chi connectivity index (χ3n) is 3.63. The Bertz CT molecular complexity index is 743. The number of nitrogens with zero attached hydrogens (tertiary/aromatic N) is 2. The molecule has 2 rings (SSSR count). The van der Waals surface area contributed by atoms with E-state index in [1.165, 1.54) is 0 Å². The highest BCUT2D eigenvalue weighted by Gasteiger charge is 2.20. The van der Waals surface area contributed by atoms with Gasteiger partial charge in [-0.1, -0.05) is 12.1 Å². The van der Waals surface area contributed by atoms with Gasteiger partial charge in [-0.3, -0.25) is 9.00 Å². The van der Waals surface area contributed by atoms with Crippen molar-refractivity contribution in [2.24, 2.45) is 0 Å². The van der Waals surface area contributed by atoms with E-state index in [1.807, 2.05) is 37.3 Å². The van der Waals surface area contributed by atoms with Crippen LogP contribution in [0.15, 0.2) is 41.3 Å². The Labute approximate surface area is 132 Å². The van der Waals surface area contributed by atoms with Gasteiger partial charge in [-0.15, -0.1) is 0 Å². The molecule has 0 radical (unpaired) electrons. The van der Waals surface area contributed by atoms with Gasteiger partial charge in [-0.05, 0) is 36.8 Å². The predicted octanol–water partition coefficient (Wildman–Crippen LogP) is 2.46. The van der Waals surface area contributed by atoms with Crippen LogP contribution in [0.2, 0.25) is 0 Å². The molecular weight excluding hydrogens is 298 g/mol. The molecule has 6 heteroatoms. The Morgan fingerprint density at radius 2 is 1.91 bits per heavy atom. The van der Waals surface area contributed by atoms with Gasteiger partial charge >= 0.3 is 0 Å². The van der Waals surface area contributed by atoms with Crippen LogP contribution in [0.1, 0.15) is 34.7 Å². The minimum Gasteiger partial charge on any atom is -0.342 e. The summed E-state index contributed by atoms with van der Waals surface area (Å²) in [6.07, 6.45) is 1.63. The van der Waals surface area contributed by atoms with Crippen LogP contribution in [0.3, 0.4) is 0 Å². The molecule has 0 aliphatic carbocycles. The highest BCUT2D eigenvalue weighted by Crippen LogP contribution is 2.21. The summed E-state index contributed by atoms with van der Waals surface area (Å²) in [6.45, 7) is 1.92. The van der Waals surface area contributed by atoms with E-state index in [9.17, 15) is 9.00 Å². The zero-order valence-corrected chi connectivity index (χ0v) is 13.5. The molecule has 0 aliphatic rings. The number of nitriles is 1. The number of nitrogens with one attached hydrogen (secondary N) is 1. The normalized spacial score (nSPS) is 13.2. The fourth-order valence-electron chi connectivity index (χ4n) is 2.11. The zero-order chi connectivity index (χ0) is 16.3. The Kier molecular flexibility index (Phi) is 4.78. The van der Waals surface area contributed by atoms with Gasteiger partial charge in [0, 0.05) is 29.0 Å². The van der Waals surface area contributed by atoms with Crippen molar-refractivity contribution < 1.29 is 9.00 Å². The fraction of sp³-hybridized carbons (Fsp3) is 0.250. The summed E-state index contributed by atoms with van der Waals surface area (Å²) >= 11 is 0. The molecule has 2 aromatic rings. The molecule has 0 aliphatic heterocycles. The standard InChI is InChI=1S/C16H17N3O2S/c1-11(12-4-7-14(8-5-12)22(3)21)19(2)16(20)15-9-6-13(10-17)18-15/h4-9,11,18H,1-3H3/t11-,22+/m0/s1. The van der Waals surface area contributed by atoms with E-state index in [0.717, 1.165) is 10.5 Å². The average Bonchev–Trinajstić information content (AvgIpc) is 3.01. The molecule has 1 aromatic heterocycles. The molecule has 0 unspecified atom stereocenters. The molecule has 0 saturated heterocycles. The van der Waals surface area contributed by atoms with Crippen molar-refractivity contribution in [1.29, 1.82) is 5.26 Å². The molecule has 22 heavy (non-hydrogen) atoms. The number of amides is 1. The highest BCUT2D eigenvalue weighted by atomic mass is 32.2. The van der Waals surface area contributed by atoms with Crippen LogP contribution in [-0.4, -0.2) is 33.3 Å². The monoisotopic (exact) mass is 315 g/mol. The van der Waals surface area contributed by atoms with Crippen molar-refractivity contribution in [1.82, 2.24) is 9.88 Å². The summed E-state index contributed by atoms with van der Waals surface area (Å²) < 4.78 is 11.4. The number of carbonyl (C=O) groups excluding carboxylic acids is 1. The van der Waals surface area contributed by atoms with Crippen molar-refractivity contribution in [3.05, 3.63) is 53.3 Å². The van der Waals surface area contributed by atoms with Crippen LogP contribution in [0.4, 0.5) is 0 Å². The maximum absolute atomic E-state index is 12.4. The summed E-state index contributed by atoms with van der Waals surface area (Å²) in [7, 11) is 0.700. The van der Waals surface area contributed by atoms with E-state index < -0.39 is 10.8 Å². The summed E-state index contributed by atoms with van der Waals surface area (Å²) in [5.74, 6) is -0.183. The van der Waals surface area contributed by atoms with E-state index in [4.69, 9.17) is 5.26 Å². The summed E-state index contributed by atoms with van der Waals surface area (Å²) in [4.78, 5) is 17.5. The quantitative estimate of drug-likeness (QED) is 0.941. The molecule has 0 spiro atoms. The third-order valence-corrected chi connectivity index (χ3v) is 4.57. The largest absolute Gasteiger partial charge is 0.342 e. The van der Waals surface area contributed by atoms with Gasteiger partial charge in [0.05, 0.1) is 6.04 Å². The lowest BCUT2D eigenvalue weighted by atomic mass is 10.1. The summed E-state index contributed by atoms with van der Waals surface area (Å²) in [5.41, 5.74) is 1.70.